The van der Waals surface area contributed by atoms with Crippen molar-refractivity contribution in [1.82, 2.24) is 15.1 Å². The Morgan fingerprint density at radius 1 is 0.977 bits per heavy atom. The standard InChI is InChI=1S/C27H28F3N3O3.C2HF3O2/c1-3-33-23(34)20-21(24(33)35)26(31-22(20)18-9-5-16(2)6-10-18)13-4-14-32(25(26)36)15-17-7-11-19(12-8-17)27(28,29)30;3-2(4,5)1(6)7/h5-12,20-22,31H,3-4,13-15H2,1-2H3;(H,6,7)/t20-,21-,22-,26-;/m1./s1. The molecule has 1 spiro atoms. The van der Waals surface area contributed by atoms with Crippen molar-refractivity contribution in [3.05, 3.63) is 70.8 Å². The second-order valence-electron chi connectivity index (χ2n) is 10.8. The summed E-state index contributed by atoms with van der Waals surface area (Å²) < 4.78 is 70.6. The van der Waals surface area contributed by atoms with Crippen LogP contribution in [-0.4, -0.2) is 63.4 Å². The lowest BCUT2D eigenvalue weighted by Crippen LogP contribution is -2.63. The van der Waals surface area contributed by atoms with E-state index in [0.717, 1.165) is 23.3 Å². The number of carboxylic acids is 1. The SMILES string of the molecule is CCN1C(=O)[C@H]2[C@@H](c3ccc(C)cc3)N[C@]3(CCCN(Cc4ccc(C(F)(F)F)cc4)C3=O)[C@H]2C1=O.O=C(O)C(F)(F)F. The molecular weight excluding hydrogens is 584 g/mol. The van der Waals surface area contributed by atoms with Gasteiger partial charge < -0.3 is 10.0 Å². The maximum absolute atomic E-state index is 14.0. The Morgan fingerprint density at radius 3 is 2.07 bits per heavy atom. The number of piperidine rings is 1. The Kier molecular flexibility index (Phi) is 8.65. The van der Waals surface area contributed by atoms with Gasteiger partial charge in [-0.05, 0) is 49.9 Å². The molecule has 3 fully saturated rings. The van der Waals surface area contributed by atoms with Crippen LogP contribution in [0.15, 0.2) is 48.5 Å². The first-order valence-corrected chi connectivity index (χ1v) is 13.5. The van der Waals surface area contributed by atoms with E-state index < -0.39 is 47.3 Å². The molecule has 0 bridgehead atoms. The average Bonchev–Trinajstić information content (AvgIpc) is 3.40. The van der Waals surface area contributed by atoms with E-state index in [1.54, 1.807) is 11.8 Å². The van der Waals surface area contributed by atoms with Crippen LogP contribution in [0.5, 0.6) is 0 Å². The van der Waals surface area contributed by atoms with Crippen LogP contribution >= 0.6 is 0 Å². The predicted octanol–water partition coefficient (Wildman–Crippen LogP) is 4.47. The summed E-state index contributed by atoms with van der Waals surface area (Å²) in [5, 5.41) is 10.6. The fourth-order valence-electron chi connectivity index (χ4n) is 6.07. The number of nitrogens with one attached hydrogen (secondary N) is 1. The van der Waals surface area contributed by atoms with Gasteiger partial charge in [0.1, 0.15) is 5.54 Å². The van der Waals surface area contributed by atoms with Gasteiger partial charge in [-0.25, -0.2) is 4.79 Å². The minimum atomic E-state index is -5.08. The third-order valence-electron chi connectivity index (χ3n) is 8.06. The molecule has 0 radical (unpaired) electrons. The minimum absolute atomic E-state index is 0.132. The van der Waals surface area contributed by atoms with Crippen molar-refractivity contribution in [3.8, 4) is 0 Å². The summed E-state index contributed by atoms with van der Waals surface area (Å²) in [5.41, 5.74) is 0.495. The number of carbonyl (C=O) groups is 4. The van der Waals surface area contributed by atoms with E-state index >= 15 is 0 Å². The van der Waals surface area contributed by atoms with Gasteiger partial charge in [0.05, 0.1) is 17.4 Å². The fourth-order valence-corrected chi connectivity index (χ4v) is 6.07. The normalized spacial score (nSPS) is 25.6. The number of imide groups is 1. The van der Waals surface area contributed by atoms with Crippen LogP contribution < -0.4 is 5.32 Å². The summed E-state index contributed by atoms with van der Waals surface area (Å²) in [4.78, 5) is 52.6. The molecule has 8 nitrogen and oxygen atoms in total. The fraction of sp³-hybridized carbons (Fsp3) is 0.448. The van der Waals surface area contributed by atoms with Crippen LogP contribution in [0.1, 0.15) is 48.1 Å². The Labute approximate surface area is 242 Å². The molecule has 0 aliphatic carbocycles. The summed E-state index contributed by atoms with van der Waals surface area (Å²) in [5.74, 6) is -5.14. The first-order valence-electron chi connectivity index (χ1n) is 13.5. The van der Waals surface area contributed by atoms with E-state index in [2.05, 4.69) is 5.32 Å². The van der Waals surface area contributed by atoms with Crippen molar-refractivity contribution in [3.63, 3.8) is 0 Å². The second-order valence-corrected chi connectivity index (χ2v) is 10.8. The molecule has 0 unspecified atom stereocenters. The molecule has 14 heteroatoms. The van der Waals surface area contributed by atoms with Gasteiger partial charge in [-0.3, -0.25) is 24.6 Å². The monoisotopic (exact) mass is 613 g/mol. The van der Waals surface area contributed by atoms with Crippen LogP contribution in [0, 0.1) is 18.8 Å². The number of hydrogen-bond donors (Lipinski definition) is 2. The molecular formula is C29H29F6N3O5. The Morgan fingerprint density at radius 2 is 1.56 bits per heavy atom. The van der Waals surface area contributed by atoms with Crippen LogP contribution in [0.2, 0.25) is 0 Å². The Bertz CT molecular complexity index is 1390. The highest BCUT2D eigenvalue weighted by atomic mass is 19.4. The number of carbonyl (C=O) groups excluding carboxylic acids is 3. The van der Waals surface area contributed by atoms with Crippen LogP contribution in [0.25, 0.3) is 0 Å². The maximum Gasteiger partial charge on any atom is 0.490 e. The molecule has 0 saturated carbocycles. The van der Waals surface area contributed by atoms with E-state index in [4.69, 9.17) is 9.90 Å². The summed E-state index contributed by atoms with van der Waals surface area (Å²) in [6.07, 6.45) is -8.50. The highest BCUT2D eigenvalue weighted by Gasteiger charge is 2.68. The predicted molar refractivity (Wildman–Crippen MR) is 139 cm³/mol. The summed E-state index contributed by atoms with van der Waals surface area (Å²) in [6.45, 7) is 4.51. The number of fused-ring (bicyclic) bond motifs is 2. The maximum atomic E-state index is 14.0. The molecule has 232 valence electrons. The zero-order valence-electron chi connectivity index (χ0n) is 23.1. The minimum Gasteiger partial charge on any atom is -0.475 e. The van der Waals surface area contributed by atoms with Crippen molar-refractivity contribution in [1.29, 1.82) is 0 Å². The van der Waals surface area contributed by atoms with Gasteiger partial charge in [-0.1, -0.05) is 42.0 Å². The van der Waals surface area contributed by atoms with E-state index in [-0.39, 0.29) is 30.8 Å². The molecule has 2 aromatic carbocycles. The van der Waals surface area contributed by atoms with E-state index in [1.165, 1.54) is 17.0 Å². The van der Waals surface area contributed by atoms with Crippen molar-refractivity contribution < 1.29 is 50.6 Å². The van der Waals surface area contributed by atoms with Gasteiger partial charge >= 0.3 is 18.3 Å². The van der Waals surface area contributed by atoms with Gasteiger partial charge in [0.2, 0.25) is 17.7 Å². The molecule has 4 atom stereocenters. The highest BCUT2D eigenvalue weighted by molar-refractivity contribution is 6.10. The first kappa shape index (κ1) is 32.0. The van der Waals surface area contributed by atoms with Crippen molar-refractivity contribution in [2.24, 2.45) is 11.8 Å². The molecule has 5 rings (SSSR count). The van der Waals surface area contributed by atoms with E-state index in [9.17, 15) is 40.7 Å². The van der Waals surface area contributed by atoms with E-state index in [0.29, 0.717) is 24.9 Å². The molecule has 2 aromatic rings. The summed E-state index contributed by atoms with van der Waals surface area (Å²) in [7, 11) is 0. The molecule has 3 aliphatic heterocycles. The molecule has 3 heterocycles. The van der Waals surface area contributed by atoms with Crippen LogP contribution in [-0.2, 0) is 31.9 Å². The van der Waals surface area contributed by atoms with E-state index in [1.807, 2.05) is 31.2 Å². The molecule has 3 saturated heterocycles. The number of nitrogens with zero attached hydrogens (tertiary/aromatic N) is 2. The molecule has 43 heavy (non-hydrogen) atoms. The Hall–Kier alpha value is -3.94. The number of amides is 3. The Balaban J connectivity index is 0.000000541. The lowest BCUT2D eigenvalue weighted by Gasteiger charge is -2.42. The number of alkyl halides is 6. The van der Waals surface area contributed by atoms with Gasteiger partial charge in [0.15, 0.2) is 0 Å². The molecule has 2 N–H and O–H groups in total. The second kappa shape index (κ2) is 11.6. The number of halogens is 6. The van der Waals surface area contributed by atoms with Gasteiger partial charge in [0.25, 0.3) is 0 Å². The zero-order valence-corrected chi connectivity index (χ0v) is 23.1. The number of hydrogen-bond acceptors (Lipinski definition) is 5. The van der Waals surface area contributed by atoms with Gasteiger partial charge in [-0.15, -0.1) is 0 Å². The van der Waals surface area contributed by atoms with Gasteiger partial charge in [-0.2, -0.15) is 26.3 Å². The number of carboxylic acid groups (broad SMARTS) is 1. The summed E-state index contributed by atoms with van der Waals surface area (Å²) in [6, 6.07) is 12.0. The first-order chi connectivity index (χ1) is 20.0. The third kappa shape index (κ3) is 6.10. The number of likely N-dealkylation sites (tertiary alicyclic amines) is 2. The lowest BCUT2D eigenvalue weighted by molar-refractivity contribution is -0.192. The molecule has 3 amide bonds. The molecule has 0 aromatic heterocycles. The third-order valence-corrected chi connectivity index (χ3v) is 8.06. The van der Waals surface area contributed by atoms with Crippen LogP contribution in [0.3, 0.4) is 0 Å². The smallest absolute Gasteiger partial charge is 0.475 e. The van der Waals surface area contributed by atoms with Crippen LogP contribution in [0.4, 0.5) is 26.3 Å². The largest absolute Gasteiger partial charge is 0.490 e. The van der Waals surface area contributed by atoms with Crippen molar-refractivity contribution in [2.75, 3.05) is 13.1 Å². The number of aryl methyl sites for hydroxylation is 1. The van der Waals surface area contributed by atoms with Gasteiger partial charge in [0, 0.05) is 25.7 Å². The summed E-state index contributed by atoms with van der Waals surface area (Å²) >= 11 is 0. The number of benzene rings is 2. The topological polar surface area (TPSA) is 107 Å². The number of aliphatic carboxylic acids is 1. The zero-order chi connectivity index (χ0) is 31.9. The average molecular weight is 614 g/mol. The molecule has 3 aliphatic rings. The number of rotatable bonds is 4. The van der Waals surface area contributed by atoms with Crippen molar-refractivity contribution >= 4 is 23.7 Å². The highest BCUT2D eigenvalue weighted by Crippen LogP contribution is 2.52. The van der Waals surface area contributed by atoms with Crippen molar-refractivity contribution in [2.45, 2.75) is 57.2 Å². The quantitative estimate of drug-likeness (QED) is 0.390. The lowest BCUT2D eigenvalue weighted by atomic mass is 9.74.